The molecule has 1 aliphatic heterocycles. The molecular formula is C26H31ClO6S. The van der Waals surface area contributed by atoms with Crippen LogP contribution in [-0.4, -0.2) is 42.4 Å². The van der Waals surface area contributed by atoms with Gasteiger partial charge >= 0.3 is 11.9 Å². The van der Waals surface area contributed by atoms with E-state index in [1.165, 1.54) is 25.6 Å². The standard InChI is InChI=1S/C26H31ClO6S/c1-6-30-21-10-7-18(8-11-21)13-20-14-19(9-12-22(20)27)23-15(2)24(31-16(3)28)25(32-17(4)29)26(33-23)34-5/h7-12,14-15,23-26H,6,13H2,1-5H3/t15-,23+,24+,25-,26?/m0/s1. The summed E-state index contributed by atoms with van der Waals surface area (Å²) in [5.41, 5.74) is 2.51. The van der Waals surface area contributed by atoms with Gasteiger partial charge in [-0.1, -0.05) is 42.8 Å². The SMILES string of the molecule is CCOc1ccc(Cc2cc([C@@H]3OC(SC)[C@@H](OC(C)=O)[C@H](OC(C)=O)[C@H]3C)ccc2Cl)cc1. The molecule has 1 heterocycles. The van der Waals surface area contributed by atoms with E-state index in [9.17, 15) is 9.59 Å². The smallest absolute Gasteiger partial charge is 0.303 e. The van der Waals surface area contributed by atoms with E-state index >= 15 is 0 Å². The molecule has 0 spiro atoms. The third-order valence-corrected chi connectivity index (χ3v) is 6.94. The highest BCUT2D eigenvalue weighted by molar-refractivity contribution is 7.99. The molecule has 1 saturated heterocycles. The van der Waals surface area contributed by atoms with Gasteiger partial charge in [-0.25, -0.2) is 0 Å². The number of hydrogen-bond acceptors (Lipinski definition) is 7. The van der Waals surface area contributed by atoms with Gasteiger partial charge < -0.3 is 18.9 Å². The molecule has 0 radical (unpaired) electrons. The largest absolute Gasteiger partial charge is 0.494 e. The van der Waals surface area contributed by atoms with E-state index in [1.54, 1.807) is 0 Å². The molecule has 0 amide bonds. The number of rotatable bonds is 8. The normalized spacial score (nSPS) is 24.4. The van der Waals surface area contributed by atoms with Crippen LogP contribution in [0.5, 0.6) is 5.75 Å². The Morgan fingerprint density at radius 2 is 1.68 bits per heavy atom. The third kappa shape index (κ3) is 6.46. The van der Waals surface area contributed by atoms with Gasteiger partial charge in [0.05, 0.1) is 12.7 Å². The number of hydrogen-bond donors (Lipinski definition) is 0. The minimum absolute atomic E-state index is 0.254. The van der Waals surface area contributed by atoms with Crippen LogP contribution in [0.3, 0.4) is 0 Å². The van der Waals surface area contributed by atoms with Crippen LogP contribution in [0, 0.1) is 5.92 Å². The summed E-state index contributed by atoms with van der Waals surface area (Å²) in [6.07, 6.45) is 0.819. The predicted octanol–water partition coefficient (Wildman–Crippen LogP) is 5.59. The van der Waals surface area contributed by atoms with Crippen molar-refractivity contribution in [3.63, 3.8) is 0 Å². The van der Waals surface area contributed by atoms with Gasteiger partial charge in [0, 0.05) is 24.8 Å². The first-order valence-electron chi connectivity index (χ1n) is 11.3. The first-order valence-corrected chi connectivity index (χ1v) is 12.9. The highest BCUT2D eigenvalue weighted by atomic mass is 35.5. The Hall–Kier alpha value is -2.22. The first kappa shape index (κ1) is 26.4. The molecule has 0 aromatic heterocycles. The molecule has 184 valence electrons. The summed E-state index contributed by atoms with van der Waals surface area (Å²) in [5.74, 6) is -0.296. The molecule has 0 N–H and O–H groups in total. The van der Waals surface area contributed by atoms with Crippen LogP contribution in [-0.2, 0) is 30.2 Å². The fourth-order valence-corrected chi connectivity index (χ4v) is 5.12. The van der Waals surface area contributed by atoms with Crippen LogP contribution in [0.1, 0.15) is 50.5 Å². The summed E-state index contributed by atoms with van der Waals surface area (Å²) in [5, 5.41) is 0.664. The van der Waals surface area contributed by atoms with Crippen molar-refractivity contribution in [3.8, 4) is 5.75 Å². The summed E-state index contributed by atoms with van der Waals surface area (Å²) in [6.45, 7) is 7.21. The number of thioether (sulfide) groups is 1. The maximum Gasteiger partial charge on any atom is 0.303 e. The quantitative estimate of drug-likeness (QED) is 0.432. The van der Waals surface area contributed by atoms with E-state index in [0.29, 0.717) is 18.1 Å². The predicted molar refractivity (Wildman–Crippen MR) is 133 cm³/mol. The molecule has 5 atom stereocenters. The molecule has 2 aromatic carbocycles. The van der Waals surface area contributed by atoms with Crippen LogP contribution in [0.2, 0.25) is 5.02 Å². The molecule has 0 aliphatic carbocycles. The highest BCUT2D eigenvalue weighted by Crippen LogP contribution is 2.42. The van der Waals surface area contributed by atoms with Crippen molar-refractivity contribution < 1.29 is 28.5 Å². The Morgan fingerprint density at radius 3 is 2.26 bits per heavy atom. The van der Waals surface area contributed by atoms with Crippen molar-refractivity contribution in [1.29, 1.82) is 0 Å². The first-order chi connectivity index (χ1) is 16.2. The van der Waals surface area contributed by atoms with Gasteiger partial charge in [-0.15, -0.1) is 11.8 Å². The van der Waals surface area contributed by atoms with Gasteiger partial charge in [-0.3, -0.25) is 9.59 Å². The summed E-state index contributed by atoms with van der Waals surface area (Å²) in [7, 11) is 0. The van der Waals surface area contributed by atoms with Gasteiger partial charge in [-0.2, -0.15) is 0 Å². The van der Waals surface area contributed by atoms with Crippen molar-refractivity contribution in [1.82, 2.24) is 0 Å². The second-order valence-electron chi connectivity index (χ2n) is 8.27. The average Bonchev–Trinajstić information content (AvgIpc) is 2.79. The van der Waals surface area contributed by atoms with Gasteiger partial charge in [0.2, 0.25) is 0 Å². The molecule has 0 saturated carbocycles. The number of benzene rings is 2. The number of halogens is 1. The molecular weight excluding hydrogens is 476 g/mol. The topological polar surface area (TPSA) is 71.1 Å². The average molecular weight is 507 g/mol. The van der Waals surface area contributed by atoms with Crippen LogP contribution in [0.4, 0.5) is 0 Å². The Kier molecular flexibility index (Phi) is 9.28. The molecule has 0 bridgehead atoms. The second kappa shape index (κ2) is 12.0. The van der Waals surface area contributed by atoms with Crippen molar-refractivity contribution in [2.75, 3.05) is 12.9 Å². The summed E-state index contributed by atoms with van der Waals surface area (Å²) < 4.78 is 23.1. The third-order valence-electron chi connectivity index (χ3n) is 5.73. The van der Waals surface area contributed by atoms with Crippen molar-refractivity contribution in [2.24, 2.45) is 5.92 Å². The van der Waals surface area contributed by atoms with E-state index in [-0.39, 0.29) is 12.0 Å². The second-order valence-corrected chi connectivity index (χ2v) is 9.62. The Balaban J connectivity index is 1.88. The van der Waals surface area contributed by atoms with Crippen molar-refractivity contribution in [2.45, 2.75) is 57.9 Å². The van der Waals surface area contributed by atoms with Crippen molar-refractivity contribution >= 4 is 35.3 Å². The molecule has 8 heteroatoms. The zero-order valence-electron chi connectivity index (χ0n) is 20.1. The Morgan fingerprint density at radius 1 is 1.03 bits per heavy atom. The van der Waals surface area contributed by atoms with E-state index in [2.05, 4.69) is 0 Å². The fraction of sp³-hybridized carbons (Fsp3) is 0.462. The number of esters is 2. The summed E-state index contributed by atoms with van der Waals surface area (Å²) in [4.78, 5) is 23.6. The molecule has 34 heavy (non-hydrogen) atoms. The highest BCUT2D eigenvalue weighted by Gasteiger charge is 2.48. The monoisotopic (exact) mass is 506 g/mol. The fourth-order valence-electron chi connectivity index (χ4n) is 4.22. The minimum Gasteiger partial charge on any atom is -0.494 e. The van der Waals surface area contributed by atoms with Crippen molar-refractivity contribution in [3.05, 3.63) is 64.2 Å². The van der Waals surface area contributed by atoms with Crippen LogP contribution < -0.4 is 4.74 Å². The lowest BCUT2D eigenvalue weighted by molar-refractivity contribution is -0.208. The summed E-state index contributed by atoms with van der Waals surface area (Å²) >= 11 is 7.95. The maximum absolute atomic E-state index is 11.9. The van der Waals surface area contributed by atoms with E-state index in [1.807, 2.05) is 62.6 Å². The number of ether oxygens (including phenoxy) is 4. The van der Waals surface area contributed by atoms with Crippen LogP contribution in [0.25, 0.3) is 0 Å². The molecule has 1 unspecified atom stereocenters. The van der Waals surface area contributed by atoms with Gasteiger partial charge in [0.1, 0.15) is 17.3 Å². The molecule has 6 nitrogen and oxygen atoms in total. The van der Waals surface area contributed by atoms with E-state index < -0.39 is 29.6 Å². The minimum atomic E-state index is -0.696. The summed E-state index contributed by atoms with van der Waals surface area (Å²) in [6, 6.07) is 13.8. The lowest BCUT2D eigenvalue weighted by Crippen LogP contribution is -2.52. The zero-order valence-corrected chi connectivity index (χ0v) is 21.7. The maximum atomic E-state index is 11.9. The Bertz CT molecular complexity index is 995. The Labute approximate surface area is 210 Å². The lowest BCUT2D eigenvalue weighted by Gasteiger charge is -2.44. The molecule has 1 fully saturated rings. The number of carbonyl (C=O) groups excluding carboxylic acids is 2. The van der Waals surface area contributed by atoms with E-state index in [4.69, 9.17) is 30.5 Å². The van der Waals surface area contributed by atoms with Gasteiger partial charge in [0.25, 0.3) is 0 Å². The van der Waals surface area contributed by atoms with Gasteiger partial charge in [0.15, 0.2) is 6.10 Å². The van der Waals surface area contributed by atoms with Gasteiger partial charge in [-0.05, 0) is 54.5 Å². The molecule has 3 rings (SSSR count). The number of carbonyl (C=O) groups is 2. The lowest BCUT2D eigenvalue weighted by atomic mass is 9.86. The van der Waals surface area contributed by atoms with E-state index in [0.717, 1.165) is 22.4 Å². The van der Waals surface area contributed by atoms with Crippen LogP contribution in [0.15, 0.2) is 42.5 Å². The molecule has 1 aliphatic rings. The van der Waals surface area contributed by atoms with Crippen LogP contribution >= 0.6 is 23.4 Å². The molecule has 2 aromatic rings. The zero-order chi connectivity index (χ0) is 24.8.